The molecular weight excluding hydrogens is 262 g/mol. The van der Waals surface area contributed by atoms with E-state index >= 15 is 0 Å². The number of aliphatic hydroxyl groups excluding tert-OH is 3. The Kier molecular flexibility index (Phi) is 4.31. The summed E-state index contributed by atoms with van der Waals surface area (Å²) in [6, 6.07) is 7.42. The first-order valence-electron chi connectivity index (χ1n) is 6.54. The highest BCUT2D eigenvalue weighted by molar-refractivity contribution is 5.44. The van der Waals surface area contributed by atoms with E-state index < -0.39 is 24.6 Å². The summed E-state index contributed by atoms with van der Waals surface area (Å²) < 4.78 is 11.5. The molecular formula is C14H22NO5+. The summed E-state index contributed by atoms with van der Waals surface area (Å²) in [6.07, 6.45) is -4.11. The standard InChI is InChI=1S/C14H22NO5/c1-15(2,3)9-4-6-10(7-5-9)19-14-13(18)12(17)11(8-16)20-14/h4-7,11-14,16-18H,8H2,1-3H3/q+1/t11-,12-,13-,14-/m1/s1. The molecule has 2 rings (SSSR count). The van der Waals surface area contributed by atoms with Gasteiger partial charge in [-0.15, -0.1) is 0 Å². The average molecular weight is 284 g/mol. The number of hydrogen-bond acceptors (Lipinski definition) is 5. The molecule has 3 N–H and O–H groups in total. The lowest BCUT2D eigenvalue weighted by molar-refractivity contribution is -0.116. The van der Waals surface area contributed by atoms with Crippen molar-refractivity contribution >= 4 is 5.69 Å². The van der Waals surface area contributed by atoms with Crippen LogP contribution in [0, 0.1) is 0 Å². The summed E-state index contributed by atoms with van der Waals surface area (Å²) >= 11 is 0. The van der Waals surface area contributed by atoms with Crippen molar-refractivity contribution in [2.45, 2.75) is 24.6 Å². The number of nitrogens with zero attached hydrogens (tertiary/aromatic N) is 1. The molecule has 0 saturated carbocycles. The number of ether oxygens (including phenoxy) is 2. The van der Waals surface area contributed by atoms with Crippen LogP contribution >= 0.6 is 0 Å². The zero-order valence-electron chi connectivity index (χ0n) is 11.9. The smallest absolute Gasteiger partial charge is 0.229 e. The van der Waals surface area contributed by atoms with E-state index in [1.54, 1.807) is 12.1 Å². The Labute approximate surface area is 118 Å². The Morgan fingerprint density at radius 2 is 1.70 bits per heavy atom. The van der Waals surface area contributed by atoms with Gasteiger partial charge in [-0.1, -0.05) is 0 Å². The number of hydrogen-bond donors (Lipinski definition) is 3. The average Bonchev–Trinajstić information content (AvgIpc) is 2.66. The minimum absolute atomic E-state index is 0.363. The van der Waals surface area contributed by atoms with Gasteiger partial charge in [0.1, 0.15) is 29.7 Å². The molecule has 0 spiro atoms. The van der Waals surface area contributed by atoms with Gasteiger partial charge in [-0.25, -0.2) is 0 Å². The molecule has 0 unspecified atom stereocenters. The highest BCUT2D eigenvalue weighted by Crippen LogP contribution is 2.26. The SMILES string of the molecule is C[N+](C)(C)c1ccc(O[C@@H]2O[C@H](CO)[C@@H](O)[C@H]2O)cc1. The lowest BCUT2D eigenvalue weighted by atomic mass is 10.1. The van der Waals surface area contributed by atoms with E-state index in [2.05, 4.69) is 21.1 Å². The fourth-order valence-electron chi connectivity index (χ4n) is 2.07. The van der Waals surface area contributed by atoms with Gasteiger partial charge in [-0.05, 0) is 12.1 Å². The van der Waals surface area contributed by atoms with E-state index in [1.807, 2.05) is 12.1 Å². The number of benzene rings is 1. The molecule has 20 heavy (non-hydrogen) atoms. The van der Waals surface area contributed by atoms with Gasteiger partial charge >= 0.3 is 0 Å². The van der Waals surface area contributed by atoms with Crippen LogP contribution in [0.5, 0.6) is 5.75 Å². The third kappa shape index (κ3) is 3.11. The summed E-state index contributed by atoms with van der Waals surface area (Å²) in [7, 11) is 6.17. The van der Waals surface area contributed by atoms with Crippen molar-refractivity contribution in [1.82, 2.24) is 4.48 Å². The van der Waals surface area contributed by atoms with E-state index in [9.17, 15) is 10.2 Å². The molecule has 1 aromatic carbocycles. The van der Waals surface area contributed by atoms with E-state index in [4.69, 9.17) is 14.6 Å². The maximum absolute atomic E-state index is 9.79. The van der Waals surface area contributed by atoms with Crippen molar-refractivity contribution in [3.05, 3.63) is 24.3 Å². The first kappa shape index (κ1) is 15.2. The first-order valence-corrected chi connectivity index (χ1v) is 6.54. The van der Waals surface area contributed by atoms with Crippen LogP contribution in [0.2, 0.25) is 0 Å². The molecule has 1 fully saturated rings. The Morgan fingerprint density at radius 3 is 2.15 bits per heavy atom. The summed E-state index contributed by atoms with van der Waals surface area (Å²) in [5, 5.41) is 28.4. The van der Waals surface area contributed by atoms with Crippen LogP contribution in [-0.2, 0) is 4.74 Å². The van der Waals surface area contributed by atoms with Crippen LogP contribution in [-0.4, -0.2) is 67.7 Å². The van der Waals surface area contributed by atoms with Gasteiger partial charge in [0.05, 0.1) is 27.7 Å². The minimum atomic E-state index is -1.18. The second-order valence-corrected chi connectivity index (χ2v) is 5.83. The highest BCUT2D eigenvalue weighted by atomic mass is 16.7. The molecule has 6 nitrogen and oxygen atoms in total. The lowest BCUT2D eigenvalue weighted by Crippen LogP contribution is -2.35. The molecule has 1 aromatic rings. The topological polar surface area (TPSA) is 79.2 Å². The zero-order valence-corrected chi connectivity index (χ0v) is 11.9. The van der Waals surface area contributed by atoms with E-state index in [0.717, 1.165) is 5.69 Å². The van der Waals surface area contributed by atoms with Gasteiger partial charge in [0.2, 0.25) is 6.29 Å². The molecule has 0 radical (unpaired) electrons. The van der Waals surface area contributed by atoms with Crippen molar-refractivity contribution < 1.29 is 24.8 Å². The van der Waals surface area contributed by atoms with Gasteiger partial charge in [0.15, 0.2) is 0 Å². The van der Waals surface area contributed by atoms with Crippen molar-refractivity contribution in [2.75, 3.05) is 27.7 Å². The maximum atomic E-state index is 9.79. The van der Waals surface area contributed by atoms with Crippen LogP contribution in [0.3, 0.4) is 0 Å². The molecule has 0 amide bonds. The first-order chi connectivity index (χ1) is 9.32. The zero-order chi connectivity index (χ0) is 14.9. The number of quaternary nitrogens is 1. The van der Waals surface area contributed by atoms with Crippen LogP contribution in [0.25, 0.3) is 0 Å². The predicted octanol–water partition coefficient (Wildman–Crippen LogP) is -0.299. The van der Waals surface area contributed by atoms with Crippen LogP contribution in [0.15, 0.2) is 24.3 Å². The Morgan fingerprint density at radius 1 is 1.10 bits per heavy atom. The van der Waals surface area contributed by atoms with Gasteiger partial charge < -0.3 is 24.8 Å². The van der Waals surface area contributed by atoms with Gasteiger partial charge in [0, 0.05) is 12.1 Å². The normalized spacial score (nSPS) is 30.5. The molecule has 0 aliphatic carbocycles. The highest BCUT2D eigenvalue weighted by Gasteiger charge is 2.43. The van der Waals surface area contributed by atoms with E-state index in [0.29, 0.717) is 10.2 Å². The van der Waals surface area contributed by atoms with Crippen LogP contribution in [0.1, 0.15) is 0 Å². The minimum Gasteiger partial charge on any atom is -0.462 e. The summed E-state index contributed by atoms with van der Waals surface area (Å²) in [5.74, 6) is 0.539. The molecule has 6 heteroatoms. The Balaban J connectivity index is 2.04. The van der Waals surface area contributed by atoms with E-state index in [-0.39, 0.29) is 6.61 Å². The molecule has 0 bridgehead atoms. The molecule has 0 aromatic heterocycles. The van der Waals surface area contributed by atoms with Crippen molar-refractivity contribution in [3.63, 3.8) is 0 Å². The molecule has 1 saturated heterocycles. The fourth-order valence-corrected chi connectivity index (χ4v) is 2.07. The van der Waals surface area contributed by atoms with Crippen molar-refractivity contribution in [1.29, 1.82) is 0 Å². The second kappa shape index (κ2) is 5.67. The summed E-state index contributed by atoms with van der Waals surface area (Å²) in [5.41, 5.74) is 1.11. The van der Waals surface area contributed by atoms with Gasteiger partial charge in [0.25, 0.3) is 0 Å². The summed E-state index contributed by atoms with van der Waals surface area (Å²) in [4.78, 5) is 0. The second-order valence-electron chi connectivity index (χ2n) is 5.83. The van der Waals surface area contributed by atoms with Crippen LogP contribution < -0.4 is 9.22 Å². The molecule has 112 valence electrons. The molecule has 1 heterocycles. The van der Waals surface area contributed by atoms with Gasteiger partial charge in [-0.3, -0.25) is 4.48 Å². The van der Waals surface area contributed by atoms with Crippen molar-refractivity contribution in [2.24, 2.45) is 0 Å². The van der Waals surface area contributed by atoms with E-state index in [1.165, 1.54) is 0 Å². The number of rotatable bonds is 4. The molecule has 1 aliphatic heterocycles. The molecule has 1 aliphatic rings. The Hall–Kier alpha value is -1.18. The van der Waals surface area contributed by atoms with Crippen LogP contribution in [0.4, 0.5) is 5.69 Å². The third-order valence-corrected chi connectivity index (χ3v) is 3.36. The third-order valence-electron chi connectivity index (χ3n) is 3.36. The Bertz CT molecular complexity index is 442. The van der Waals surface area contributed by atoms with Gasteiger partial charge in [-0.2, -0.15) is 0 Å². The maximum Gasteiger partial charge on any atom is 0.229 e. The molecule has 4 atom stereocenters. The predicted molar refractivity (Wildman–Crippen MR) is 74.4 cm³/mol. The number of aliphatic hydroxyl groups is 3. The quantitative estimate of drug-likeness (QED) is 0.662. The lowest BCUT2D eigenvalue weighted by Gasteiger charge is -2.23. The summed E-state index contributed by atoms with van der Waals surface area (Å²) in [6.45, 7) is -0.363. The largest absolute Gasteiger partial charge is 0.462 e. The van der Waals surface area contributed by atoms with Crippen molar-refractivity contribution in [3.8, 4) is 5.75 Å². The monoisotopic (exact) mass is 284 g/mol. The fraction of sp³-hybridized carbons (Fsp3) is 0.571.